The Balaban J connectivity index is 1.84. The molecule has 6 heteroatoms. The van der Waals surface area contributed by atoms with E-state index >= 15 is 0 Å². The molecule has 26 heavy (non-hydrogen) atoms. The fourth-order valence-corrected chi connectivity index (χ4v) is 3.92. The third kappa shape index (κ3) is 3.90. The number of aromatic nitrogens is 2. The van der Waals surface area contributed by atoms with Gasteiger partial charge in [-0.05, 0) is 25.0 Å². The molecule has 0 saturated carbocycles. The van der Waals surface area contributed by atoms with Crippen molar-refractivity contribution in [3.05, 3.63) is 41.5 Å². The van der Waals surface area contributed by atoms with Crippen LogP contribution in [0.25, 0.3) is 16.2 Å². The Labute approximate surface area is 158 Å². The second kappa shape index (κ2) is 8.36. The summed E-state index contributed by atoms with van der Waals surface area (Å²) in [6.07, 6.45) is 4.38. The van der Waals surface area contributed by atoms with Gasteiger partial charge in [-0.2, -0.15) is 0 Å². The van der Waals surface area contributed by atoms with Crippen LogP contribution in [-0.2, 0) is 11.2 Å². The van der Waals surface area contributed by atoms with Gasteiger partial charge in [0.2, 0.25) is 5.91 Å². The normalized spacial score (nSPS) is 11.0. The standard InChI is InChI=1S/C20H25N3O2S/c1-4-9-22(10-5-2)19(24)12-16-14-26-20-21-18(13-23(16)20)15-7-6-8-17(11-15)25-3/h6-8,11,13-14H,4-5,9-10,12H2,1-3H3. The molecule has 0 radical (unpaired) electrons. The van der Waals surface area contributed by atoms with Crippen LogP contribution >= 0.6 is 11.3 Å². The number of rotatable bonds is 8. The van der Waals surface area contributed by atoms with E-state index in [0.717, 1.165) is 53.6 Å². The number of hydrogen-bond acceptors (Lipinski definition) is 4. The van der Waals surface area contributed by atoms with E-state index in [9.17, 15) is 4.79 Å². The molecule has 0 fully saturated rings. The van der Waals surface area contributed by atoms with E-state index in [4.69, 9.17) is 9.72 Å². The molecule has 2 heterocycles. The Hall–Kier alpha value is -2.34. The highest BCUT2D eigenvalue weighted by atomic mass is 32.1. The molecule has 1 amide bonds. The van der Waals surface area contributed by atoms with E-state index in [1.807, 2.05) is 45.1 Å². The summed E-state index contributed by atoms with van der Waals surface area (Å²) >= 11 is 1.57. The molecule has 0 aliphatic carbocycles. The first-order valence-corrected chi connectivity index (χ1v) is 9.91. The van der Waals surface area contributed by atoms with Crippen LogP contribution in [0.15, 0.2) is 35.8 Å². The lowest BCUT2D eigenvalue weighted by atomic mass is 10.1. The third-order valence-corrected chi connectivity index (χ3v) is 5.21. The highest BCUT2D eigenvalue weighted by molar-refractivity contribution is 7.15. The number of fused-ring (bicyclic) bond motifs is 1. The van der Waals surface area contributed by atoms with Crippen molar-refractivity contribution in [1.82, 2.24) is 14.3 Å². The highest BCUT2D eigenvalue weighted by Gasteiger charge is 2.16. The number of methoxy groups -OCH3 is 1. The van der Waals surface area contributed by atoms with Crippen LogP contribution in [0.5, 0.6) is 5.75 Å². The number of thiazole rings is 1. The van der Waals surface area contributed by atoms with Crippen molar-refractivity contribution >= 4 is 22.2 Å². The van der Waals surface area contributed by atoms with E-state index in [2.05, 4.69) is 13.8 Å². The summed E-state index contributed by atoms with van der Waals surface area (Å²) in [6, 6.07) is 7.87. The van der Waals surface area contributed by atoms with E-state index in [1.54, 1.807) is 18.4 Å². The van der Waals surface area contributed by atoms with E-state index in [0.29, 0.717) is 6.42 Å². The quantitative estimate of drug-likeness (QED) is 0.594. The smallest absolute Gasteiger partial charge is 0.228 e. The zero-order chi connectivity index (χ0) is 18.5. The van der Waals surface area contributed by atoms with Crippen molar-refractivity contribution in [3.63, 3.8) is 0 Å². The molecular formula is C20H25N3O2S. The van der Waals surface area contributed by atoms with Gasteiger partial charge < -0.3 is 9.64 Å². The summed E-state index contributed by atoms with van der Waals surface area (Å²) in [5.74, 6) is 0.994. The van der Waals surface area contributed by atoms with Gasteiger partial charge in [-0.3, -0.25) is 9.20 Å². The number of benzene rings is 1. The van der Waals surface area contributed by atoms with Gasteiger partial charge in [-0.25, -0.2) is 4.98 Å². The Morgan fingerprint density at radius 2 is 2.04 bits per heavy atom. The number of imidazole rings is 1. The monoisotopic (exact) mass is 371 g/mol. The minimum atomic E-state index is 0.185. The average molecular weight is 372 g/mol. The molecule has 0 atom stereocenters. The zero-order valence-electron chi connectivity index (χ0n) is 15.6. The summed E-state index contributed by atoms with van der Waals surface area (Å²) in [5.41, 5.74) is 2.90. The predicted molar refractivity (Wildman–Crippen MR) is 106 cm³/mol. The lowest BCUT2D eigenvalue weighted by Crippen LogP contribution is -2.33. The van der Waals surface area contributed by atoms with Crippen molar-refractivity contribution in [2.45, 2.75) is 33.1 Å². The van der Waals surface area contributed by atoms with Gasteiger partial charge in [-0.1, -0.05) is 26.0 Å². The van der Waals surface area contributed by atoms with Crippen molar-refractivity contribution in [2.75, 3.05) is 20.2 Å². The van der Waals surface area contributed by atoms with Crippen LogP contribution in [0, 0.1) is 0 Å². The molecule has 1 aromatic carbocycles. The molecule has 0 bridgehead atoms. The minimum absolute atomic E-state index is 0.185. The largest absolute Gasteiger partial charge is 0.497 e. The van der Waals surface area contributed by atoms with Crippen LogP contribution < -0.4 is 4.74 Å². The zero-order valence-corrected chi connectivity index (χ0v) is 16.4. The SMILES string of the molecule is CCCN(CCC)C(=O)Cc1csc2nc(-c3cccc(OC)c3)cn12. The Bertz CT molecular complexity index is 878. The minimum Gasteiger partial charge on any atom is -0.497 e. The molecular weight excluding hydrogens is 346 g/mol. The Morgan fingerprint density at radius 1 is 1.27 bits per heavy atom. The first kappa shape index (κ1) is 18.5. The molecule has 0 aliphatic heterocycles. The number of ether oxygens (including phenoxy) is 1. The number of hydrogen-bond donors (Lipinski definition) is 0. The molecule has 5 nitrogen and oxygen atoms in total. The lowest BCUT2D eigenvalue weighted by molar-refractivity contribution is -0.130. The van der Waals surface area contributed by atoms with Gasteiger partial charge in [-0.15, -0.1) is 11.3 Å². The van der Waals surface area contributed by atoms with Gasteiger partial charge in [0.15, 0.2) is 4.96 Å². The molecule has 3 aromatic rings. The van der Waals surface area contributed by atoms with Gasteiger partial charge in [0, 0.05) is 35.9 Å². The molecule has 0 saturated heterocycles. The topological polar surface area (TPSA) is 46.8 Å². The Kier molecular flexibility index (Phi) is 5.93. The van der Waals surface area contributed by atoms with Gasteiger partial charge in [0.05, 0.1) is 19.2 Å². The van der Waals surface area contributed by atoms with Crippen molar-refractivity contribution in [3.8, 4) is 17.0 Å². The fraction of sp³-hybridized carbons (Fsp3) is 0.400. The maximum absolute atomic E-state index is 12.7. The van der Waals surface area contributed by atoms with E-state index in [1.165, 1.54) is 0 Å². The molecule has 0 N–H and O–H groups in total. The van der Waals surface area contributed by atoms with Gasteiger partial charge in [0.1, 0.15) is 5.75 Å². The Morgan fingerprint density at radius 3 is 2.73 bits per heavy atom. The molecule has 3 rings (SSSR count). The van der Waals surface area contributed by atoms with E-state index in [-0.39, 0.29) is 5.91 Å². The second-order valence-corrected chi connectivity index (χ2v) is 7.13. The van der Waals surface area contributed by atoms with Gasteiger partial charge in [0.25, 0.3) is 0 Å². The molecule has 138 valence electrons. The fourth-order valence-electron chi connectivity index (χ4n) is 3.05. The summed E-state index contributed by atoms with van der Waals surface area (Å²) < 4.78 is 7.33. The lowest BCUT2D eigenvalue weighted by Gasteiger charge is -2.21. The van der Waals surface area contributed by atoms with Crippen LogP contribution in [0.2, 0.25) is 0 Å². The van der Waals surface area contributed by atoms with Crippen LogP contribution in [0.4, 0.5) is 0 Å². The molecule has 0 aliphatic rings. The highest BCUT2D eigenvalue weighted by Crippen LogP contribution is 2.26. The average Bonchev–Trinajstić information content (AvgIpc) is 3.23. The van der Waals surface area contributed by atoms with Crippen molar-refractivity contribution in [1.29, 1.82) is 0 Å². The van der Waals surface area contributed by atoms with E-state index < -0.39 is 0 Å². The summed E-state index contributed by atoms with van der Waals surface area (Å²) in [7, 11) is 1.66. The maximum Gasteiger partial charge on any atom is 0.228 e. The second-order valence-electron chi connectivity index (χ2n) is 6.30. The predicted octanol–water partition coefficient (Wildman–Crippen LogP) is 4.26. The van der Waals surface area contributed by atoms with Crippen LogP contribution in [0.3, 0.4) is 0 Å². The van der Waals surface area contributed by atoms with Crippen molar-refractivity contribution < 1.29 is 9.53 Å². The van der Waals surface area contributed by atoms with Crippen molar-refractivity contribution in [2.24, 2.45) is 0 Å². The maximum atomic E-state index is 12.7. The summed E-state index contributed by atoms with van der Waals surface area (Å²) in [6.45, 7) is 5.85. The summed E-state index contributed by atoms with van der Waals surface area (Å²) in [5, 5.41) is 2.03. The summed E-state index contributed by atoms with van der Waals surface area (Å²) in [4.78, 5) is 20.2. The number of carbonyl (C=O) groups is 1. The molecule has 0 spiro atoms. The van der Waals surface area contributed by atoms with Gasteiger partial charge >= 0.3 is 0 Å². The molecule has 0 unspecified atom stereocenters. The number of carbonyl (C=O) groups excluding carboxylic acids is 1. The number of amides is 1. The first-order valence-electron chi connectivity index (χ1n) is 9.04. The first-order chi connectivity index (χ1) is 12.7. The van der Waals surface area contributed by atoms with Crippen LogP contribution in [0.1, 0.15) is 32.4 Å². The van der Waals surface area contributed by atoms with Crippen LogP contribution in [-0.4, -0.2) is 40.4 Å². The molecule has 2 aromatic heterocycles. The number of nitrogens with zero attached hydrogens (tertiary/aromatic N) is 3. The third-order valence-electron chi connectivity index (χ3n) is 4.32.